The van der Waals surface area contributed by atoms with Crippen molar-refractivity contribution in [1.82, 2.24) is 20.1 Å². The van der Waals surface area contributed by atoms with Crippen molar-refractivity contribution in [2.24, 2.45) is 0 Å². The number of hydrogen-bond acceptors (Lipinski definition) is 3. The van der Waals surface area contributed by atoms with E-state index in [0.29, 0.717) is 5.56 Å². The molecule has 1 amide bonds. The first-order chi connectivity index (χ1) is 8.11. The lowest BCUT2D eigenvalue weighted by Crippen LogP contribution is -2.17. The van der Waals surface area contributed by atoms with Crippen molar-refractivity contribution in [2.45, 2.75) is 13.8 Å². The molecule has 0 atom stereocenters. The molecule has 0 spiro atoms. The largest absolute Gasteiger partial charge is 0.355 e. The van der Waals surface area contributed by atoms with Gasteiger partial charge in [0.1, 0.15) is 11.6 Å². The Hall–Kier alpha value is -2.17. The number of hydrogen-bond donors (Lipinski definition) is 1. The van der Waals surface area contributed by atoms with E-state index >= 15 is 0 Å². The maximum absolute atomic E-state index is 11.4. The summed E-state index contributed by atoms with van der Waals surface area (Å²) in [7, 11) is 1.61. The van der Waals surface area contributed by atoms with Gasteiger partial charge < -0.3 is 5.32 Å². The number of aryl methyl sites for hydroxylation is 2. The van der Waals surface area contributed by atoms with Crippen LogP contribution in [-0.2, 0) is 0 Å². The van der Waals surface area contributed by atoms with Gasteiger partial charge in [-0.1, -0.05) is 0 Å². The van der Waals surface area contributed by atoms with Crippen LogP contribution in [0.15, 0.2) is 24.3 Å². The molecule has 0 saturated carbocycles. The molecule has 0 radical (unpaired) electrons. The van der Waals surface area contributed by atoms with Crippen molar-refractivity contribution in [3.63, 3.8) is 0 Å². The number of carbonyl (C=O) groups is 1. The highest BCUT2D eigenvalue weighted by atomic mass is 16.1. The molecule has 5 nitrogen and oxygen atoms in total. The van der Waals surface area contributed by atoms with E-state index in [1.807, 2.05) is 26.0 Å². The molecular weight excluding hydrogens is 216 g/mol. The van der Waals surface area contributed by atoms with Crippen LogP contribution in [0.3, 0.4) is 0 Å². The van der Waals surface area contributed by atoms with E-state index in [1.54, 1.807) is 23.9 Å². The number of benzene rings is 1. The first-order valence-electron chi connectivity index (χ1n) is 5.34. The zero-order valence-electron chi connectivity index (χ0n) is 10.1. The molecule has 1 aromatic heterocycles. The summed E-state index contributed by atoms with van der Waals surface area (Å²) >= 11 is 0. The Labute approximate surface area is 99.5 Å². The van der Waals surface area contributed by atoms with Gasteiger partial charge in [-0.05, 0) is 38.1 Å². The fraction of sp³-hybridized carbons (Fsp3) is 0.250. The minimum Gasteiger partial charge on any atom is -0.355 e. The highest BCUT2D eigenvalue weighted by Gasteiger charge is 2.06. The van der Waals surface area contributed by atoms with Crippen LogP contribution in [0.5, 0.6) is 0 Å². The highest BCUT2D eigenvalue weighted by molar-refractivity contribution is 5.94. The maximum Gasteiger partial charge on any atom is 0.251 e. The molecule has 0 aliphatic rings. The van der Waals surface area contributed by atoms with E-state index < -0.39 is 0 Å². The number of amides is 1. The summed E-state index contributed by atoms with van der Waals surface area (Å²) in [4.78, 5) is 15.6. The summed E-state index contributed by atoms with van der Waals surface area (Å²) in [6, 6.07) is 7.24. The number of nitrogens with zero attached hydrogens (tertiary/aromatic N) is 3. The molecule has 1 N–H and O–H groups in total. The molecule has 88 valence electrons. The van der Waals surface area contributed by atoms with Crippen molar-refractivity contribution in [3.05, 3.63) is 41.5 Å². The highest BCUT2D eigenvalue weighted by Crippen LogP contribution is 2.11. The minimum absolute atomic E-state index is 0.0944. The van der Waals surface area contributed by atoms with Crippen LogP contribution >= 0.6 is 0 Å². The molecule has 1 heterocycles. The fourth-order valence-corrected chi connectivity index (χ4v) is 1.66. The number of rotatable bonds is 2. The molecule has 0 aliphatic carbocycles. The van der Waals surface area contributed by atoms with Gasteiger partial charge in [0.15, 0.2) is 0 Å². The molecule has 0 saturated heterocycles. The molecule has 1 aromatic carbocycles. The quantitative estimate of drug-likeness (QED) is 0.844. The average Bonchev–Trinajstić information content (AvgIpc) is 2.68. The predicted octanol–water partition coefficient (Wildman–Crippen LogP) is 1.24. The second-order valence-corrected chi connectivity index (χ2v) is 3.74. The second-order valence-electron chi connectivity index (χ2n) is 3.74. The predicted molar refractivity (Wildman–Crippen MR) is 64.2 cm³/mol. The van der Waals surface area contributed by atoms with Crippen molar-refractivity contribution in [3.8, 4) is 5.69 Å². The van der Waals surface area contributed by atoms with Crippen LogP contribution in [0.2, 0.25) is 0 Å². The van der Waals surface area contributed by atoms with Crippen molar-refractivity contribution < 1.29 is 4.79 Å². The van der Waals surface area contributed by atoms with E-state index in [9.17, 15) is 4.79 Å². The van der Waals surface area contributed by atoms with Gasteiger partial charge in [-0.2, -0.15) is 5.10 Å². The number of nitrogens with one attached hydrogen (secondary N) is 1. The standard InChI is InChI=1S/C12H14N4O/c1-8-14-9(2)16(15-8)11-6-4-10(5-7-11)12(17)13-3/h4-7H,1-3H3,(H,13,17). The van der Waals surface area contributed by atoms with Gasteiger partial charge in [0, 0.05) is 12.6 Å². The molecule has 0 fully saturated rings. The van der Waals surface area contributed by atoms with E-state index in [2.05, 4.69) is 15.4 Å². The smallest absolute Gasteiger partial charge is 0.251 e. The van der Waals surface area contributed by atoms with Gasteiger partial charge in [-0.3, -0.25) is 4.79 Å². The number of carbonyl (C=O) groups excluding carboxylic acids is 1. The molecule has 2 aromatic rings. The van der Waals surface area contributed by atoms with Crippen molar-refractivity contribution in [2.75, 3.05) is 7.05 Å². The summed E-state index contributed by atoms with van der Waals surface area (Å²) in [5, 5.41) is 6.86. The van der Waals surface area contributed by atoms with E-state index in [-0.39, 0.29) is 5.91 Å². The SMILES string of the molecule is CNC(=O)c1ccc(-n2nc(C)nc2C)cc1. The lowest BCUT2D eigenvalue weighted by molar-refractivity contribution is 0.0963. The van der Waals surface area contributed by atoms with Gasteiger partial charge >= 0.3 is 0 Å². The Bertz CT molecular complexity index is 542. The van der Waals surface area contributed by atoms with E-state index in [0.717, 1.165) is 17.3 Å². The van der Waals surface area contributed by atoms with Crippen LogP contribution in [0.4, 0.5) is 0 Å². The van der Waals surface area contributed by atoms with Crippen LogP contribution in [0, 0.1) is 13.8 Å². The first kappa shape index (κ1) is 11.3. The van der Waals surface area contributed by atoms with Crippen LogP contribution in [-0.4, -0.2) is 27.7 Å². The summed E-state index contributed by atoms with van der Waals surface area (Å²) < 4.78 is 1.75. The van der Waals surface area contributed by atoms with Gasteiger partial charge in [0.05, 0.1) is 5.69 Å². The maximum atomic E-state index is 11.4. The van der Waals surface area contributed by atoms with Crippen LogP contribution < -0.4 is 5.32 Å². The van der Waals surface area contributed by atoms with Gasteiger partial charge in [0.2, 0.25) is 0 Å². The molecule has 17 heavy (non-hydrogen) atoms. The van der Waals surface area contributed by atoms with Gasteiger partial charge in [0.25, 0.3) is 5.91 Å². The Kier molecular flexibility index (Phi) is 2.91. The molecule has 5 heteroatoms. The third-order valence-electron chi connectivity index (χ3n) is 2.48. The first-order valence-corrected chi connectivity index (χ1v) is 5.34. The van der Waals surface area contributed by atoms with E-state index in [1.165, 1.54) is 0 Å². The normalized spacial score (nSPS) is 10.3. The van der Waals surface area contributed by atoms with Crippen LogP contribution in [0.1, 0.15) is 22.0 Å². The Morgan fingerprint density at radius 1 is 1.24 bits per heavy atom. The zero-order valence-corrected chi connectivity index (χ0v) is 10.1. The van der Waals surface area contributed by atoms with Gasteiger partial charge in [-0.15, -0.1) is 0 Å². The van der Waals surface area contributed by atoms with Crippen molar-refractivity contribution >= 4 is 5.91 Å². The van der Waals surface area contributed by atoms with Crippen LogP contribution in [0.25, 0.3) is 5.69 Å². The summed E-state index contributed by atoms with van der Waals surface area (Å²) in [6.07, 6.45) is 0. The third-order valence-corrected chi connectivity index (χ3v) is 2.48. The monoisotopic (exact) mass is 230 g/mol. The van der Waals surface area contributed by atoms with E-state index in [4.69, 9.17) is 0 Å². The molecular formula is C12H14N4O. The summed E-state index contributed by atoms with van der Waals surface area (Å²) in [6.45, 7) is 3.75. The lowest BCUT2D eigenvalue weighted by Gasteiger charge is -2.04. The molecule has 2 rings (SSSR count). The zero-order chi connectivity index (χ0) is 12.4. The summed E-state index contributed by atoms with van der Waals surface area (Å²) in [5.41, 5.74) is 1.53. The molecule has 0 aliphatic heterocycles. The number of aromatic nitrogens is 3. The Morgan fingerprint density at radius 3 is 2.35 bits per heavy atom. The third kappa shape index (κ3) is 2.18. The fourth-order valence-electron chi connectivity index (χ4n) is 1.66. The summed E-state index contributed by atoms with van der Waals surface area (Å²) in [5.74, 6) is 1.47. The second kappa shape index (κ2) is 4.37. The molecule has 0 bridgehead atoms. The minimum atomic E-state index is -0.0944. The lowest BCUT2D eigenvalue weighted by atomic mass is 10.2. The average molecular weight is 230 g/mol. The van der Waals surface area contributed by atoms with Crippen molar-refractivity contribution in [1.29, 1.82) is 0 Å². The van der Waals surface area contributed by atoms with Gasteiger partial charge in [-0.25, -0.2) is 9.67 Å². The molecule has 0 unspecified atom stereocenters. The Balaban J connectivity index is 2.35. The Morgan fingerprint density at radius 2 is 1.88 bits per heavy atom. The topological polar surface area (TPSA) is 59.8 Å².